The third-order valence-electron chi connectivity index (χ3n) is 4.05. The third kappa shape index (κ3) is 5.12. The first kappa shape index (κ1) is 19.6. The largest absolute Gasteiger partial charge is 0.467 e. The van der Waals surface area contributed by atoms with E-state index in [0.29, 0.717) is 17.1 Å². The second kappa shape index (κ2) is 9.10. The van der Waals surface area contributed by atoms with Crippen molar-refractivity contribution in [3.8, 4) is 0 Å². The molecule has 0 saturated carbocycles. The predicted molar refractivity (Wildman–Crippen MR) is 98.9 cm³/mol. The molecule has 0 bridgehead atoms. The number of halogens is 1. The molecule has 0 spiro atoms. The van der Waals surface area contributed by atoms with Crippen molar-refractivity contribution in [1.82, 2.24) is 5.32 Å². The molecule has 1 N–H and O–H groups in total. The summed E-state index contributed by atoms with van der Waals surface area (Å²) in [5.41, 5.74) is 0.705. The molecule has 25 heavy (non-hydrogen) atoms. The zero-order valence-electron chi connectivity index (χ0n) is 14.2. The molecule has 2 amide bonds. The lowest BCUT2D eigenvalue weighted by molar-refractivity contribution is -0.145. The number of benzene rings is 1. The molecule has 1 aliphatic heterocycles. The van der Waals surface area contributed by atoms with Gasteiger partial charge in [-0.2, -0.15) is 11.8 Å². The Balaban J connectivity index is 2.01. The van der Waals surface area contributed by atoms with Gasteiger partial charge in [-0.25, -0.2) is 4.79 Å². The van der Waals surface area contributed by atoms with E-state index in [0.717, 1.165) is 5.75 Å². The van der Waals surface area contributed by atoms with Gasteiger partial charge in [-0.1, -0.05) is 11.6 Å². The molecule has 0 radical (unpaired) electrons. The number of esters is 1. The summed E-state index contributed by atoms with van der Waals surface area (Å²) in [6.07, 6.45) is 2.53. The first-order valence-electron chi connectivity index (χ1n) is 7.89. The predicted octanol–water partition coefficient (Wildman–Crippen LogP) is 2.10. The van der Waals surface area contributed by atoms with Crippen molar-refractivity contribution in [2.45, 2.75) is 18.9 Å². The van der Waals surface area contributed by atoms with Gasteiger partial charge in [0.05, 0.1) is 13.0 Å². The van der Waals surface area contributed by atoms with E-state index in [1.54, 1.807) is 40.9 Å². The summed E-state index contributed by atoms with van der Waals surface area (Å²) in [5.74, 6) is -0.672. The summed E-state index contributed by atoms with van der Waals surface area (Å²) in [6, 6.07) is 6.21. The van der Waals surface area contributed by atoms with Gasteiger partial charge in [0.1, 0.15) is 6.04 Å². The van der Waals surface area contributed by atoms with Crippen LogP contribution in [-0.4, -0.2) is 49.5 Å². The molecule has 1 aromatic carbocycles. The van der Waals surface area contributed by atoms with Crippen molar-refractivity contribution >= 4 is 46.8 Å². The molecule has 0 aromatic heterocycles. The zero-order valence-corrected chi connectivity index (χ0v) is 15.7. The highest BCUT2D eigenvalue weighted by molar-refractivity contribution is 7.98. The summed E-state index contributed by atoms with van der Waals surface area (Å²) in [4.78, 5) is 38.1. The summed E-state index contributed by atoms with van der Waals surface area (Å²) in [7, 11) is 1.29. The van der Waals surface area contributed by atoms with Crippen LogP contribution < -0.4 is 10.2 Å². The average molecular weight is 385 g/mol. The van der Waals surface area contributed by atoms with Gasteiger partial charge in [0.15, 0.2) is 0 Å². The van der Waals surface area contributed by atoms with Crippen LogP contribution in [0.15, 0.2) is 24.3 Å². The number of carbonyl (C=O) groups is 3. The molecule has 1 saturated heterocycles. The lowest BCUT2D eigenvalue weighted by atomic mass is 10.1. The molecular weight excluding hydrogens is 364 g/mol. The summed E-state index contributed by atoms with van der Waals surface area (Å²) in [5, 5.41) is 3.30. The van der Waals surface area contributed by atoms with Gasteiger partial charge in [0.25, 0.3) is 0 Å². The van der Waals surface area contributed by atoms with Crippen LogP contribution in [0.4, 0.5) is 5.69 Å². The summed E-state index contributed by atoms with van der Waals surface area (Å²) in [6.45, 7) is 0.280. The average Bonchev–Trinajstić information content (AvgIpc) is 3.00. The van der Waals surface area contributed by atoms with Gasteiger partial charge in [-0.15, -0.1) is 0 Å². The smallest absolute Gasteiger partial charge is 0.328 e. The lowest BCUT2D eigenvalue weighted by Gasteiger charge is -2.19. The quantitative estimate of drug-likeness (QED) is 0.728. The van der Waals surface area contributed by atoms with E-state index < -0.39 is 17.9 Å². The van der Waals surface area contributed by atoms with Crippen LogP contribution in [-0.2, 0) is 19.1 Å². The molecule has 1 heterocycles. The van der Waals surface area contributed by atoms with Crippen molar-refractivity contribution in [3.05, 3.63) is 29.3 Å². The van der Waals surface area contributed by atoms with Gasteiger partial charge in [-0.05, 0) is 42.7 Å². The van der Waals surface area contributed by atoms with E-state index in [2.05, 4.69) is 5.32 Å². The number of nitrogens with one attached hydrogen (secondary N) is 1. The van der Waals surface area contributed by atoms with Crippen molar-refractivity contribution < 1.29 is 19.1 Å². The Morgan fingerprint density at radius 3 is 2.68 bits per heavy atom. The Morgan fingerprint density at radius 1 is 1.40 bits per heavy atom. The Kier molecular flexibility index (Phi) is 7.13. The van der Waals surface area contributed by atoms with Crippen LogP contribution in [0, 0.1) is 5.92 Å². The monoisotopic (exact) mass is 384 g/mol. The number of hydrogen-bond acceptors (Lipinski definition) is 5. The lowest BCUT2D eigenvalue weighted by Crippen LogP contribution is -2.45. The van der Waals surface area contributed by atoms with Crippen LogP contribution in [0.2, 0.25) is 5.02 Å². The van der Waals surface area contributed by atoms with E-state index in [1.807, 2.05) is 6.26 Å². The minimum absolute atomic E-state index is 0.116. The van der Waals surface area contributed by atoms with Crippen LogP contribution >= 0.6 is 23.4 Å². The summed E-state index contributed by atoms with van der Waals surface area (Å²) < 4.78 is 4.74. The maximum Gasteiger partial charge on any atom is 0.328 e. The molecule has 1 aliphatic rings. The molecule has 6 nitrogen and oxygen atoms in total. The molecule has 2 atom stereocenters. The molecule has 136 valence electrons. The van der Waals surface area contributed by atoms with E-state index in [1.165, 1.54) is 7.11 Å². The van der Waals surface area contributed by atoms with E-state index in [9.17, 15) is 14.4 Å². The van der Waals surface area contributed by atoms with Crippen molar-refractivity contribution in [2.24, 2.45) is 5.92 Å². The fourth-order valence-corrected chi connectivity index (χ4v) is 3.27. The van der Waals surface area contributed by atoms with Crippen LogP contribution in [0.25, 0.3) is 0 Å². The Morgan fingerprint density at radius 2 is 2.08 bits per heavy atom. The molecular formula is C17H21ClN2O4S. The molecule has 1 aromatic rings. The first-order chi connectivity index (χ1) is 12.0. The minimum Gasteiger partial charge on any atom is -0.467 e. The first-order valence-corrected chi connectivity index (χ1v) is 9.66. The number of hydrogen-bond donors (Lipinski definition) is 1. The molecule has 0 unspecified atom stereocenters. The Labute approximate surface area is 156 Å². The van der Waals surface area contributed by atoms with Crippen LogP contribution in [0.1, 0.15) is 12.8 Å². The number of anilines is 1. The number of ether oxygens (including phenoxy) is 1. The van der Waals surface area contributed by atoms with Crippen molar-refractivity contribution in [2.75, 3.05) is 30.6 Å². The Bertz CT molecular complexity index is 638. The van der Waals surface area contributed by atoms with Gasteiger partial charge in [0, 0.05) is 23.7 Å². The SMILES string of the molecule is COC(=O)[C@H](CCSC)NC(=O)[C@@H]1CC(=O)N(c2ccc(Cl)cc2)C1. The van der Waals surface area contributed by atoms with E-state index in [4.69, 9.17) is 16.3 Å². The molecule has 1 fully saturated rings. The molecule has 2 rings (SSSR count). The topological polar surface area (TPSA) is 75.7 Å². The maximum absolute atomic E-state index is 12.5. The van der Waals surface area contributed by atoms with Gasteiger partial charge >= 0.3 is 5.97 Å². The normalized spacial score (nSPS) is 18.1. The molecule has 8 heteroatoms. The standard InChI is InChI=1S/C17H21ClN2O4S/c1-24-17(23)14(7-8-25-2)19-16(22)11-9-15(21)20(10-11)13-5-3-12(18)4-6-13/h3-6,11,14H,7-10H2,1-2H3,(H,19,22)/t11-,14+/m1/s1. The van der Waals surface area contributed by atoms with Crippen LogP contribution in [0.5, 0.6) is 0 Å². The van der Waals surface area contributed by atoms with E-state index in [-0.39, 0.29) is 24.8 Å². The van der Waals surface area contributed by atoms with Gasteiger partial charge < -0.3 is 15.0 Å². The zero-order chi connectivity index (χ0) is 18.4. The van der Waals surface area contributed by atoms with Gasteiger partial charge in [-0.3, -0.25) is 9.59 Å². The number of carbonyl (C=O) groups excluding carboxylic acids is 3. The van der Waals surface area contributed by atoms with Gasteiger partial charge in [0.2, 0.25) is 11.8 Å². The number of nitrogens with zero attached hydrogens (tertiary/aromatic N) is 1. The van der Waals surface area contributed by atoms with Crippen molar-refractivity contribution in [3.63, 3.8) is 0 Å². The minimum atomic E-state index is -0.690. The Hall–Kier alpha value is -1.73. The third-order valence-corrected chi connectivity index (χ3v) is 4.94. The number of thioether (sulfide) groups is 1. The summed E-state index contributed by atoms with van der Waals surface area (Å²) >= 11 is 7.45. The number of amides is 2. The second-order valence-electron chi connectivity index (χ2n) is 5.75. The highest BCUT2D eigenvalue weighted by Gasteiger charge is 2.36. The van der Waals surface area contributed by atoms with Crippen molar-refractivity contribution in [1.29, 1.82) is 0 Å². The highest BCUT2D eigenvalue weighted by Crippen LogP contribution is 2.26. The van der Waals surface area contributed by atoms with Crippen LogP contribution in [0.3, 0.4) is 0 Å². The molecule has 0 aliphatic carbocycles. The fraction of sp³-hybridized carbons (Fsp3) is 0.471. The fourth-order valence-electron chi connectivity index (χ4n) is 2.67. The van der Waals surface area contributed by atoms with E-state index >= 15 is 0 Å². The second-order valence-corrected chi connectivity index (χ2v) is 7.17. The number of rotatable bonds is 7. The highest BCUT2D eigenvalue weighted by atomic mass is 35.5. The number of methoxy groups -OCH3 is 1. The maximum atomic E-state index is 12.5.